The fraction of sp³-hybridized carbons (Fsp3) is 0.929. The second kappa shape index (κ2) is 9.34. The number of rotatable bonds is 9. The predicted molar refractivity (Wildman–Crippen MR) is 75.4 cm³/mol. The van der Waals surface area contributed by atoms with Gasteiger partial charge in [0.2, 0.25) is 5.91 Å². The standard InChI is InChI=1S/C14H30N2O2/c1-6-12(7-2)16(8-9-18-5)14(17)13(15)10-11(3)4/h11-13H,6-10,15H2,1-5H3. The van der Waals surface area contributed by atoms with Gasteiger partial charge in [-0.25, -0.2) is 0 Å². The van der Waals surface area contributed by atoms with Gasteiger partial charge in [0.15, 0.2) is 0 Å². The molecule has 0 aromatic heterocycles. The van der Waals surface area contributed by atoms with Crippen molar-refractivity contribution in [1.29, 1.82) is 0 Å². The normalized spacial score (nSPS) is 13.1. The number of carbonyl (C=O) groups excluding carboxylic acids is 1. The predicted octanol–water partition coefficient (Wildman–Crippen LogP) is 2.02. The topological polar surface area (TPSA) is 55.6 Å². The molecular weight excluding hydrogens is 228 g/mol. The van der Waals surface area contributed by atoms with Crippen LogP contribution in [0.25, 0.3) is 0 Å². The summed E-state index contributed by atoms with van der Waals surface area (Å²) in [5.41, 5.74) is 6.01. The molecule has 0 saturated carbocycles. The van der Waals surface area contributed by atoms with Crippen molar-refractivity contribution in [3.8, 4) is 0 Å². The van der Waals surface area contributed by atoms with Crippen LogP contribution in [-0.2, 0) is 9.53 Å². The molecule has 1 amide bonds. The lowest BCUT2D eigenvalue weighted by atomic mass is 10.0. The smallest absolute Gasteiger partial charge is 0.239 e. The van der Waals surface area contributed by atoms with Gasteiger partial charge in [-0.2, -0.15) is 0 Å². The van der Waals surface area contributed by atoms with Gasteiger partial charge in [0.05, 0.1) is 12.6 Å². The first-order valence-corrected chi connectivity index (χ1v) is 7.02. The van der Waals surface area contributed by atoms with E-state index >= 15 is 0 Å². The molecule has 4 nitrogen and oxygen atoms in total. The zero-order valence-corrected chi connectivity index (χ0v) is 12.6. The number of hydrogen-bond acceptors (Lipinski definition) is 3. The maximum absolute atomic E-state index is 12.4. The number of hydrogen-bond donors (Lipinski definition) is 1. The second-order valence-corrected chi connectivity index (χ2v) is 5.23. The van der Waals surface area contributed by atoms with Crippen LogP contribution >= 0.6 is 0 Å². The van der Waals surface area contributed by atoms with Crippen LogP contribution in [0.3, 0.4) is 0 Å². The minimum atomic E-state index is -0.387. The quantitative estimate of drug-likeness (QED) is 0.688. The Labute approximate surface area is 112 Å². The molecule has 0 rings (SSSR count). The van der Waals surface area contributed by atoms with E-state index in [1.165, 1.54) is 0 Å². The van der Waals surface area contributed by atoms with Crippen molar-refractivity contribution in [1.82, 2.24) is 4.90 Å². The Bertz CT molecular complexity index is 228. The molecule has 108 valence electrons. The van der Waals surface area contributed by atoms with E-state index < -0.39 is 0 Å². The summed E-state index contributed by atoms with van der Waals surface area (Å²) >= 11 is 0. The van der Waals surface area contributed by atoms with E-state index in [1.807, 2.05) is 4.90 Å². The lowest BCUT2D eigenvalue weighted by Crippen LogP contribution is -2.50. The van der Waals surface area contributed by atoms with Gasteiger partial charge in [0.25, 0.3) is 0 Å². The van der Waals surface area contributed by atoms with Gasteiger partial charge in [-0.05, 0) is 25.2 Å². The van der Waals surface area contributed by atoms with Gasteiger partial charge in [0.1, 0.15) is 0 Å². The third-order valence-electron chi connectivity index (χ3n) is 3.25. The number of methoxy groups -OCH3 is 1. The van der Waals surface area contributed by atoms with Gasteiger partial charge in [0, 0.05) is 19.7 Å². The summed E-state index contributed by atoms with van der Waals surface area (Å²) in [5.74, 6) is 0.504. The zero-order valence-electron chi connectivity index (χ0n) is 12.6. The van der Waals surface area contributed by atoms with E-state index in [2.05, 4.69) is 27.7 Å². The molecule has 18 heavy (non-hydrogen) atoms. The molecule has 0 saturated heterocycles. The summed E-state index contributed by atoms with van der Waals surface area (Å²) < 4.78 is 5.09. The Morgan fingerprint density at radius 3 is 2.22 bits per heavy atom. The Morgan fingerprint density at radius 2 is 1.83 bits per heavy atom. The highest BCUT2D eigenvalue weighted by atomic mass is 16.5. The van der Waals surface area contributed by atoms with Crippen molar-refractivity contribution in [3.63, 3.8) is 0 Å². The third-order valence-corrected chi connectivity index (χ3v) is 3.25. The van der Waals surface area contributed by atoms with Gasteiger partial charge in [-0.3, -0.25) is 4.79 Å². The van der Waals surface area contributed by atoms with Gasteiger partial charge in [-0.15, -0.1) is 0 Å². The highest BCUT2D eigenvalue weighted by Crippen LogP contribution is 2.13. The van der Waals surface area contributed by atoms with Crippen molar-refractivity contribution >= 4 is 5.91 Å². The van der Waals surface area contributed by atoms with Crippen molar-refractivity contribution in [2.75, 3.05) is 20.3 Å². The maximum Gasteiger partial charge on any atom is 0.239 e. The van der Waals surface area contributed by atoms with Gasteiger partial charge >= 0.3 is 0 Å². The molecule has 1 unspecified atom stereocenters. The Balaban J connectivity index is 4.66. The summed E-state index contributed by atoms with van der Waals surface area (Å²) in [5, 5.41) is 0. The van der Waals surface area contributed by atoms with Crippen LogP contribution in [0.15, 0.2) is 0 Å². The van der Waals surface area contributed by atoms with Crippen LogP contribution in [0.5, 0.6) is 0 Å². The lowest BCUT2D eigenvalue weighted by molar-refractivity contribution is -0.136. The summed E-state index contributed by atoms with van der Waals surface area (Å²) in [7, 11) is 1.66. The van der Waals surface area contributed by atoms with Gasteiger partial charge in [-0.1, -0.05) is 27.7 Å². The minimum absolute atomic E-state index is 0.0643. The Kier molecular flexibility index (Phi) is 9.02. The van der Waals surface area contributed by atoms with E-state index in [1.54, 1.807) is 7.11 Å². The molecule has 0 spiro atoms. The maximum atomic E-state index is 12.4. The molecule has 2 N–H and O–H groups in total. The molecule has 0 aliphatic rings. The zero-order chi connectivity index (χ0) is 14.1. The van der Waals surface area contributed by atoms with Crippen molar-refractivity contribution in [2.24, 2.45) is 11.7 Å². The van der Waals surface area contributed by atoms with Crippen molar-refractivity contribution in [3.05, 3.63) is 0 Å². The molecule has 0 aromatic carbocycles. The molecule has 0 bridgehead atoms. The average molecular weight is 258 g/mol. The second-order valence-electron chi connectivity index (χ2n) is 5.23. The van der Waals surface area contributed by atoms with Crippen molar-refractivity contribution in [2.45, 2.75) is 59.0 Å². The van der Waals surface area contributed by atoms with E-state index in [9.17, 15) is 4.79 Å². The summed E-state index contributed by atoms with van der Waals surface area (Å²) in [6, 6.07) is -0.117. The lowest BCUT2D eigenvalue weighted by Gasteiger charge is -2.32. The summed E-state index contributed by atoms with van der Waals surface area (Å²) in [4.78, 5) is 14.3. The Morgan fingerprint density at radius 1 is 1.28 bits per heavy atom. The molecule has 4 heteroatoms. The number of amides is 1. The molecule has 1 atom stereocenters. The first kappa shape index (κ1) is 17.4. The Hall–Kier alpha value is -0.610. The fourth-order valence-electron chi connectivity index (χ4n) is 2.21. The largest absolute Gasteiger partial charge is 0.383 e. The summed E-state index contributed by atoms with van der Waals surface area (Å²) in [6.45, 7) is 9.59. The number of nitrogens with two attached hydrogens (primary N) is 1. The minimum Gasteiger partial charge on any atom is -0.383 e. The molecule has 0 heterocycles. The molecule has 0 aliphatic carbocycles. The van der Waals surface area contributed by atoms with Crippen LogP contribution in [0, 0.1) is 5.92 Å². The first-order valence-electron chi connectivity index (χ1n) is 7.02. The SMILES string of the molecule is CCC(CC)N(CCOC)C(=O)C(N)CC(C)C. The third kappa shape index (κ3) is 5.83. The number of ether oxygens (including phenoxy) is 1. The fourth-order valence-corrected chi connectivity index (χ4v) is 2.21. The van der Waals surface area contributed by atoms with E-state index in [0.717, 1.165) is 19.3 Å². The van der Waals surface area contributed by atoms with Crippen LogP contribution in [0.4, 0.5) is 0 Å². The van der Waals surface area contributed by atoms with Crippen molar-refractivity contribution < 1.29 is 9.53 Å². The van der Waals surface area contributed by atoms with Crippen LogP contribution < -0.4 is 5.73 Å². The highest BCUT2D eigenvalue weighted by Gasteiger charge is 2.25. The van der Waals surface area contributed by atoms with Crippen LogP contribution in [0.1, 0.15) is 47.0 Å². The number of nitrogens with zero attached hydrogens (tertiary/aromatic N) is 1. The molecule has 0 fully saturated rings. The highest BCUT2D eigenvalue weighted by molar-refractivity contribution is 5.82. The van der Waals surface area contributed by atoms with Crippen LogP contribution in [0.2, 0.25) is 0 Å². The van der Waals surface area contributed by atoms with Gasteiger partial charge < -0.3 is 15.4 Å². The summed E-state index contributed by atoms with van der Waals surface area (Å²) in [6.07, 6.45) is 2.66. The molecular formula is C14H30N2O2. The number of carbonyl (C=O) groups is 1. The monoisotopic (exact) mass is 258 g/mol. The van der Waals surface area contributed by atoms with E-state index in [4.69, 9.17) is 10.5 Å². The van der Waals surface area contributed by atoms with E-state index in [0.29, 0.717) is 19.1 Å². The van der Waals surface area contributed by atoms with Crippen LogP contribution in [-0.4, -0.2) is 43.2 Å². The first-order chi connectivity index (χ1) is 8.47. The van der Waals surface area contributed by atoms with E-state index in [-0.39, 0.29) is 18.0 Å². The molecule has 0 aliphatic heterocycles. The molecule has 0 aromatic rings. The molecule has 0 radical (unpaired) electrons. The average Bonchev–Trinajstić information content (AvgIpc) is 2.32.